The summed E-state index contributed by atoms with van der Waals surface area (Å²) in [4.78, 5) is 2.39. The summed E-state index contributed by atoms with van der Waals surface area (Å²) in [6.45, 7) is 0. The van der Waals surface area contributed by atoms with Crippen molar-refractivity contribution in [1.29, 1.82) is 0 Å². The normalized spacial score (nSPS) is 11.7. The summed E-state index contributed by atoms with van der Waals surface area (Å²) in [6, 6.07) is 81.4. The molecule has 280 valence electrons. The van der Waals surface area contributed by atoms with Gasteiger partial charge in [-0.05, 0) is 143 Å². The number of hydrogen-bond acceptors (Lipinski definition) is 2. The summed E-state index contributed by atoms with van der Waals surface area (Å²) in [5.41, 5.74) is 10.0. The summed E-state index contributed by atoms with van der Waals surface area (Å²) in [7, 11) is 0. The smallest absolute Gasteiger partial charge is 0.135 e. The first kappa shape index (κ1) is 34.1. The number of rotatable bonds is 6. The van der Waals surface area contributed by atoms with Crippen LogP contribution in [0.5, 0.6) is 0 Å². The van der Waals surface area contributed by atoms with Crippen LogP contribution in [0, 0.1) is 0 Å². The molecule has 0 aliphatic carbocycles. The Labute approximate surface area is 347 Å². The predicted molar refractivity (Wildman–Crippen MR) is 255 cm³/mol. The molecular weight excluding hydrogens is 727 g/mol. The van der Waals surface area contributed by atoms with E-state index >= 15 is 0 Å². The fourth-order valence-corrected chi connectivity index (χ4v) is 9.20. The number of para-hydroxylation sites is 1. The van der Waals surface area contributed by atoms with Gasteiger partial charge in [0.15, 0.2) is 0 Å². The van der Waals surface area contributed by atoms with Gasteiger partial charge in [-0.1, -0.05) is 158 Å². The van der Waals surface area contributed by atoms with E-state index in [9.17, 15) is 0 Å². The van der Waals surface area contributed by atoms with Crippen molar-refractivity contribution in [3.05, 3.63) is 224 Å². The number of hydrogen-bond donors (Lipinski definition) is 0. The molecule has 0 radical (unpaired) electrons. The Kier molecular flexibility index (Phi) is 7.89. The number of fused-ring (bicyclic) bond motifs is 8. The highest BCUT2D eigenvalue weighted by Gasteiger charge is 2.17. The summed E-state index contributed by atoms with van der Waals surface area (Å²) < 4.78 is 6.22. The summed E-state index contributed by atoms with van der Waals surface area (Å²) >= 11 is 0. The molecule has 0 N–H and O–H groups in total. The second-order valence-electron chi connectivity index (χ2n) is 15.7. The molecule has 11 aromatic carbocycles. The van der Waals surface area contributed by atoms with Gasteiger partial charge in [0.1, 0.15) is 11.3 Å². The minimum atomic E-state index is 0.879. The van der Waals surface area contributed by atoms with Crippen LogP contribution in [0.25, 0.3) is 98.4 Å². The molecule has 1 heterocycles. The second-order valence-corrected chi connectivity index (χ2v) is 15.7. The van der Waals surface area contributed by atoms with E-state index in [1.807, 2.05) is 18.2 Å². The monoisotopic (exact) mass is 763 g/mol. The molecule has 60 heavy (non-hydrogen) atoms. The lowest BCUT2D eigenvalue weighted by Crippen LogP contribution is -2.10. The summed E-state index contributed by atoms with van der Waals surface area (Å²) in [6.07, 6.45) is 0. The maximum absolute atomic E-state index is 6.22. The molecule has 0 amide bonds. The molecule has 2 nitrogen and oxygen atoms in total. The van der Waals surface area contributed by atoms with E-state index in [1.165, 1.54) is 70.6 Å². The molecule has 12 aromatic rings. The second kappa shape index (κ2) is 13.9. The predicted octanol–water partition coefficient (Wildman–Crippen LogP) is 16.7. The first-order valence-electron chi connectivity index (χ1n) is 20.6. The van der Waals surface area contributed by atoms with E-state index in [0.717, 1.165) is 44.9 Å². The van der Waals surface area contributed by atoms with Gasteiger partial charge in [-0.15, -0.1) is 0 Å². The minimum absolute atomic E-state index is 0.879. The molecule has 12 rings (SSSR count). The van der Waals surface area contributed by atoms with Crippen LogP contribution in [0.2, 0.25) is 0 Å². The summed E-state index contributed by atoms with van der Waals surface area (Å²) in [5.74, 6) is 0.879. The lowest BCUT2D eigenvalue weighted by Gasteiger charge is -2.26. The molecule has 0 aliphatic heterocycles. The number of furan rings is 1. The van der Waals surface area contributed by atoms with Gasteiger partial charge in [0.05, 0.1) is 0 Å². The Morgan fingerprint density at radius 3 is 1.63 bits per heavy atom. The van der Waals surface area contributed by atoms with Crippen molar-refractivity contribution >= 4 is 81.9 Å². The Morgan fingerprint density at radius 1 is 0.267 bits per heavy atom. The quantitative estimate of drug-likeness (QED) is 0.157. The first-order valence-corrected chi connectivity index (χ1v) is 20.6. The van der Waals surface area contributed by atoms with Crippen molar-refractivity contribution in [2.75, 3.05) is 4.90 Å². The molecule has 0 spiro atoms. The Hall–Kier alpha value is -7.94. The van der Waals surface area contributed by atoms with Crippen molar-refractivity contribution < 1.29 is 4.42 Å². The van der Waals surface area contributed by atoms with Crippen LogP contribution in [0.4, 0.5) is 17.1 Å². The maximum atomic E-state index is 6.22. The number of benzene rings is 11. The molecule has 0 fully saturated rings. The van der Waals surface area contributed by atoms with E-state index in [0.29, 0.717) is 0 Å². The molecule has 0 atom stereocenters. The van der Waals surface area contributed by atoms with E-state index in [-0.39, 0.29) is 0 Å². The van der Waals surface area contributed by atoms with E-state index < -0.39 is 0 Å². The van der Waals surface area contributed by atoms with Crippen LogP contribution in [-0.4, -0.2) is 0 Å². The molecule has 0 saturated heterocycles. The first-order chi connectivity index (χ1) is 29.7. The maximum Gasteiger partial charge on any atom is 0.135 e. The molecule has 1 aromatic heterocycles. The fourth-order valence-electron chi connectivity index (χ4n) is 9.20. The highest BCUT2D eigenvalue weighted by Crippen LogP contribution is 2.42. The Bertz CT molecular complexity index is 3580. The molecule has 0 saturated carbocycles. The van der Waals surface area contributed by atoms with Gasteiger partial charge in [0.2, 0.25) is 0 Å². The van der Waals surface area contributed by atoms with Crippen LogP contribution in [0.3, 0.4) is 0 Å². The lowest BCUT2D eigenvalue weighted by atomic mass is 9.93. The molecule has 0 bridgehead atoms. The van der Waals surface area contributed by atoms with Crippen molar-refractivity contribution in [3.8, 4) is 33.6 Å². The fraction of sp³-hybridized carbons (Fsp3) is 0. The van der Waals surface area contributed by atoms with E-state index in [4.69, 9.17) is 4.42 Å². The van der Waals surface area contributed by atoms with Crippen LogP contribution in [0.1, 0.15) is 0 Å². The lowest BCUT2D eigenvalue weighted by molar-refractivity contribution is 0.631. The van der Waals surface area contributed by atoms with Crippen molar-refractivity contribution in [1.82, 2.24) is 0 Å². The standard InChI is InChI=1S/C58H37NO/c1-4-15-51-38(10-1)20-23-45-35-50(30-31-53(45)51)59(48-27-24-39(25-28-48)56-36-44-11-2-5-16-52(44)54-17-6-7-18-55(54)56)49-29-26-42-32-41(21-22-43(42)34-49)40-13-9-14-46(33-40)58-37-47-12-3-8-19-57(47)60-58/h1-37H. The Morgan fingerprint density at radius 2 is 0.800 bits per heavy atom. The van der Waals surface area contributed by atoms with Crippen LogP contribution in [0.15, 0.2) is 229 Å². The van der Waals surface area contributed by atoms with Crippen molar-refractivity contribution in [2.45, 2.75) is 0 Å². The van der Waals surface area contributed by atoms with Gasteiger partial charge in [0, 0.05) is 28.0 Å². The van der Waals surface area contributed by atoms with Gasteiger partial charge < -0.3 is 9.32 Å². The van der Waals surface area contributed by atoms with Gasteiger partial charge in [0.25, 0.3) is 0 Å². The average Bonchev–Trinajstić information content (AvgIpc) is 3.76. The SMILES string of the molecule is c1cc(-c2ccc3cc(N(c4ccc(-c5cc6ccccc6c6ccccc56)cc4)c4ccc5c(ccc6ccccc65)c4)ccc3c2)cc(-c2cc3ccccc3o2)c1. The zero-order valence-corrected chi connectivity index (χ0v) is 32.7. The third-order valence-corrected chi connectivity index (χ3v) is 12.2. The molecule has 0 aliphatic rings. The van der Waals surface area contributed by atoms with Crippen molar-refractivity contribution in [2.24, 2.45) is 0 Å². The highest BCUT2D eigenvalue weighted by molar-refractivity contribution is 6.14. The summed E-state index contributed by atoms with van der Waals surface area (Å²) in [5, 5.41) is 13.5. The highest BCUT2D eigenvalue weighted by atomic mass is 16.3. The topological polar surface area (TPSA) is 16.4 Å². The van der Waals surface area contributed by atoms with Crippen LogP contribution >= 0.6 is 0 Å². The third-order valence-electron chi connectivity index (χ3n) is 12.2. The third kappa shape index (κ3) is 5.81. The largest absolute Gasteiger partial charge is 0.456 e. The number of nitrogens with zero attached hydrogens (tertiary/aromatic N) is 1. The molecule has 0 unspecified atom stereocenters. The van der Waals surface area contributed by atoms with Crippen LogP contribution in [-0.2, 0) is 0 Å². The zero-order chi connectivity index (χ0) is 39.6. The van der Waals surface area contributed by atoms with Gasteiger partial charge in [-0.25, -0.2) is 0 Å². The van der Waals surface area contributed by atoms with Gasteiger partial charge in [-0.2, -0.15) is 0 Å². The van der Waals surface area contributed by atoms with E-state index in [2.05, 4.69) is 211 Å². The van der Waals surface area contributed by atoms with Crippen LogP contribution < -0.4 is 4.90 Å². The molecule has 2 heteroatoms. The molecular formula is C58H37NO. The van der Waals surface area contributed by atoms with Crippen molar-refractivity contribution in [3.63, 3.8) is 0 Å². The Balaban J connectivity index is 0.954. The van der Waals surface area contributed by atoms with Gasteiger partial charge >= 0.3 is 0 Å². The zero-order valence-electron chi connectivity index (χ0n) is 32.7. The number of anilines is 3. The van der Waals surface area contributed by atoms with E-state index in [1.54, 1.807) is 0 Å². The van der Waals surface area contributed by atoms with Gasteiger partial charge in [-0.3, -0.25) is 0 Å². The minimum Gasteiger partial charge on any atom is -0.456 e. The average molecular weight is 764 g/mol.